The second kappa shape index (κ2) is 9.78. The van der Waals surface area contributed by atoms with E-state index in [9.17, 15) is 9.59 Å². The van der Waals surface area contributed by atoms with Crippen LogP contribution in [-0.2, 0) is 4.79 Å². The van der Waals surface area contributed by atoms with Crippen molar-refractivity contribution in [2.45, 2.75) is 13.8 Å². The topological polar surface area (TPSA) is 140 Å². The Hall–Kier alpha value is -5.25. The second-order valence-corrected chi connectivity index (χ2v) is 8.29. The molecule has 0 bridgehead atoms. The molecule has 37 heavy (non-hydrogen) atoms. The average Bonchev–Trinajstić information content (AvgIpc) is 3.45. The van der Waals surface area contributed by atoms with Gasteiger partial charge in [0.1, 0.15) is 11.6 Å². The van der Waals surface area contributed by atoms with E-state index in [0.717, 1.165) is 22.3 Å². The van der Waals surface area contributed by atoms with Crippen molar-refractivity contribution < 1.29 is 14.3 Å². The zero-order valence-corrected chi connectivity index (χ0v) is 20.1. The van der Waals surface area contributed by atoms with Gasteiger partial charge in [0.2, 0.25) is 17.7 Å². The summed E-state index contributed by atoms with van der Waals surface area (Å²) < 4.78 is 7.97. The smallest absolute Gasteiger partial charge is 0.248 e. The molecule has 0 aliphatic heterocycles. The first-order valence-corrected chi connectivity index (χ1v) is 11.4. The Morgan fingerprint density at radius 3 is 2.54 bits per heavy atom. The molecule has 3 aromatic carbocycles. The molecule has 0 saturated heterocycles. The van der Waals surface area contributed by atoms with Crippen LogP contribution in [0.2, 0.25) is 0 Å². The monoisotopic (exact) mass is 493 g/mol. The molecule has 5 rings (SSSR count). The first kappa shape index (κ1) is 23.5. The fourth-order valence-corrected chi connectivity index (χ4v) is 3.79. The number of nitrogens with one attached hydrogen (secondary N) is 2. The van der Waals surface area contributed by atoms with Gasteiger partial charge in [0.15, 0.2) is 0 Å². The van der Waals surface area contributed by atoms with Gasteiger partial charge in [0, 0.05) is 18.1 Å². The van der Waals surface area contributed by atoms with Gasteiger partial charge in [-0.05, 0) is 61.5 Å². The molecule has 184 valence electrons. The molecule has 0 atom stereocenters. The number of benzene rings is 3. The largest absolute Gasteiger partial charge is 0.438 e. The molecule has 0 saturated carbocycles. The van der Waals surface area contributed by atoms with Gasteiger partial charge in [-0.15, -0.1) is 0 Å². The summed E-state index contributed by atoms with van der Waals surface area (Å²) in [6.07, 6.45) is 1.52. The van der Waals surface area contributed by atoms with Crippen molar-refractivity contribution in [1.29, 1.82) is 0 Å². The van der Waals surface area contributed by atoms with Gasteiger partial charge in [0.05, 0.1) is 34.2 Å². The van der Waals surface area contributed by atoms with Crippen molar-refractivity contribution >= 4 is 29.1 Å². The number of hydrogen-bond donors (Lipinski definition) is 3. The number of primary amides is 1. The van der Waals surface area contributed by atoms with E-state index in [1.54, 1.807) is 22.9 Å². The number of ether oxygens (including phenoxy) is 1. The number of nitrogens with two attached hydrogens (primary N) is 1. The lowest BCUT2D eigenvalue weighted by Crippen LogP contribution is -2.12. The average molecular weight is 494 g/mol. The van der Waals surface area contributed by atoms with E-state index in [4.69, 9.17) is 10.5 Å². The normalized spacial score (nSPS) is 11.2. The molecule has 10 heteroatoms. The number of H-pyrrole nitrogens is 1. The summed E-state index contributed by atoms with van der Waals surface area (Å²) in [5, 5.41) is 8.63. The second-order valence-electron chi connectivity index (χ2n) is 8.29. The summed E-state index contributed by atoms with van der Waals surface area (Å²) in [5.41, 5.74) is 12.6. The van der Waals surface area contributed by atoms with Gasteiger partial charge in [0.25, 0.3) is 0 Å². The summed E-state index contributed by atoms with van der Waals surface area (Å²) >= 11 is 0. The fourth-order valence-electron chi connectivity index (χ4n) is 3.79. The number of carbonyl (C=O) groups excluding carboxylic acids is 2. The summed E-state index contributed by atoms with van der Waals surface area (Å²) in [7, 11) is 0. The standard InChI is InChI=1S/C27H23N7O3/c1-16-22(15-29-32-17(2)35)27(34(33-16)20-6-4-3-5-7-20)37-21-11-8-18(9-12-21)26-30-23-13-10-19(25(28)36)14-24(23)31-26/h3-15H,1-2H3,(H2,28,36)(H,30,31)(H,32,35)/b29-15+. The number of nitrogens with zero attached hydrogens (tertiary/aromatic N) is 4. The summed E-state index contributed by atoms with van der Waals surface area (Å²) in [6, 6.07) is 22.1. The third-order valence-corrected chi connectivity index (χ3v) is 5.59. The summed E-state index contributed by atoms with van der Waals surface area (Å²) in [6.45, 7) is 3.23. The van der Waals surface area contributed by atoms with Crippen molar-refractivity contribution in [3.05, 3.63) is 89.6 Å². The fraction of sp³-hybridized carbons (Fsp3) is 0.0741. The molecule has 0 fully saturated rings. The molecule has 0 aliphatic carbocycles. The van der Waals surface area contributed by atoms with Crippen molar-refractivity contribution in [2.24, 2.45) is 10.8 Å². The number of hydrazone groups is 1. The predicted molar refractivity (Wildman–Crippen MR) is 140 cm³/mol. The molecular weight excluding hydrogens is 470 g/mol. The van der Waals surface area contributed by atoms with Crippen LogP contribution in [0.25, 0.3) is 28.1 Å². The molecule has 10 nitrogen and oxygen atoms in total. The van der Waals surface area contributed by atoms with Crippen molar-refractivity contribution in [2.75, 3.05) is 0 Å². The Morgan fingerprint density at radius 1 is 1.08 bits per heavy atom. The van der Waals surface area contributed by atoms with Crippen LogP contribution in [0.5, 0.6) is 11.6 Å². The van der Waals surface area contributed by atoms with Crippen LogP contribution >= 0.6 is 0 Å². The quantitative estimate of drug-likeness (QED) is 0.231. The molecule has 2 heterocycles. The van der Waals surface area contributed by atoms with Crippen LogP contribution in [0.15, 0.2) is 77.9 Å². The van der Waals surface area contributed by atoms with Crippen LogP contribution in [0.1, 0.15) is 28.5 Å². The van der Waals surface area contributed by atoms with E-state index in [2.05, 4.69) is 25.6 Å². The van der Waals surface area contributed by atoms with Gasteiger partial charge in [-0.2, -0.15) is 14.9 Å². The minimum Gasteiger partial charge on any atom is -0.438 e. The van der Waals surface area contributed by atoms with E-state index < -0.39 is 5.91 Å². The maximum Gasteiger partial charge on any atom is 0.248 e. The number of fused-ring (bicyclic) bond motifs is 1. The minimum atomic E-state index is -0.494. The Balaban J connectivity index is 1.47. The van der Waals surface area contributed by atoms with E-state index in [0.29, 0.717) is 34.3 Å². The van der Waals surface area contributed by atoms with Gasteiger partial charge < -0.3 is 15.5 Å². The summed E-state index contributed by atoms with van der Waals surface area (Å²) in [5.74, 6) is 0.900. The van der Waals surface area contributed by atoms with Crippen molar-refractivity contribution in [1.82, 2.24) is 25.2 Å². The zero-order valence-electron chi connectivity index (χ0n) is 20.1. The molecule has 0 radical (unpaired) electrons. The number of aromatic nitrogens is 4. The number of hydrogen-bond acceptors (Lipinski definition) is 6. The van der Waals surface area contributed by atoms with E-state index in [1.807, 2.05) is 61.5 Å². The van der Waals surface area contributed by atoms with Gasteiger partial charge in [-0.25, -0.2) is 10.4 Å². The van der Waals surface area contributed by atoms with E-state index in [-0.39, 0.29) is 5.91 Å². The van der Waals surface area contributed by atoms with Crippen LogP contribution in [-0.4, -0.2) is 37.8 Å². The summed E-state index contributed by atoms with van der Waals surface area (Å²) in [4.78, 5) is 30.6. The Morgan fingerprint density at radius 2 is 1.84 bits per heavy atom. The van der Waals surface area contributed by atoms with Crippen LogP contribution in [0, 0.1) is 6.92 Å². The molecular formula is C27H23N7O3. The Bertz CT molecular complexity index is 1630. The maximum absolute atomic E-state index is 11.5. The molecule has 0 aliphatic rings. The van der Waals surface area contributed by atoms with Crippen molar-refractivity contribution in [3.8, 4) is 28.7 Å². The number of rotatable bonds is 7. The lowest BCUT2D eigenvalue weighted by atomic mass is 10.2. The van der Waals surface area contributed by atoms with Gasteiger partial charge in [-0.3, -0.25) is 9.59 Å². The predicted octanol–water partition coefficient (Wildman–Crippen LogP) is 4.09. The maximum atomic E-state index is 11.5. The SMILES string of the molecule is CC(=O)N/N=C/c1c(C)nn(-c2ccccc2)c1Oc1ccc(-c2nc3ccc(C(N)=O)cc3[nH]2)cc1. The van der Waals surface area contributed by atoms with Crippen LogP contribution < -0.4 is 15.9 Å². The molecule has 2 aromatic heterocycles. The van der Waals surface area contributed by atoms with Crippen molar-refractivity contribution in [3.63, 3.8) is 0 Å². The first-order chi connectivity index (χ1) is 17.9. The zero-order chi connectivity index (χ0) is 25.9. The first-order valence-electron chi connectivity index (χ1n) is 11.4. The number of amides is 2. The lowest BCUT2D eigenvalue weighted by molar-refractivity contribution is -0.118. The number of para-hydroxylation sites is 1. The number of aryl methyl sites for hydroxylation is 1. The van der Waals surface area contributed by atoms with E-state index >= 15 is 0 Å². The molecule has 2 amide bonds. The highest BCUT2D eigenvalue weighted by Gasteiger charge is 2.18. The van der Waals surface area contributed by atoms with E-state index in [1.165, 1.54) is 13.1 Å². The highest BCUT2D eigenvalue weighted by Crippen LogP contribution is 2.31. The molecule has 0 unspecified atom stereocenters. The Labute approximate surface area is 211 Å². The number of imidazole rings is 1. The lowest BCUT2D eigenvalue weighted by Gasteiger charge is -2.10. The van der Waals surface area contributed by atoms with Gasteiger partial charge in [-0.1, -0.05) is 18.2 Å². The third kappa shape index (κ3) is 4.94. The number of carbonyl (C=O) groups is 2. The highest BCUT2D eigenvalue weighted by molar-refractivity contribution is 5.96. The van der Waals surface area contributed by atoms with Crippen LogP contribution in [0.3, 0.4) is 0 Å². The molecule has 5 aromatic rings. The van der Waals surface area contributed by atoms with Gasteiger partial charge >= 0.3 is 0 Å². The molecule has 0 spiro atoms. The highest BCUT2D eigenvalue weighted by atomic mass is 16.5. The molecule has 4 N–H and O–H groups in total. The third-order valence-electron chi connectivity index (χ3n) is 5.59. The Kier molecular flexibility index (Phi) is 6.21. The number of aromatic amines is 1. The minimum absolute atomic E-state index is 0.279. The van der Waals surface area contributed by atoms with Crippen LogP contribution in [0.4, 0.5) is 0 Å².